The van der Waals surface area contributed by atoms with Crippen molar-refractivity contribution in [1.29, 1.82) is 0 Å². The fourth-order valence-electron chi connectivity index (χ4n) is 3.27. The number of nitrogens with zero attached hydrogens (tertiary/aromatic N) is 3. The molecule has 0 saturated heterocycles. The molecule has 0 bridgehead atoms. The Morgan fingerprint density at radius 1 is 1.03 bits per heavy atom. The van der Waals surface area contributed by atoms with Crippen LogP contribution in [0.4, 0.5) is 5.69 Å². The Labute approximate surface area is 173 Å². The largest absolute Gasteiger partial charge is 0.455 e. The van der Waals surface area contributed by atoms with Crippen molar-refractivity contribution in [1.82, 2.24) is 14.8 Å². The van der Waals surface area contributed by atoms with E-state index in [0.717, 1.165) is 16.7 Å². The van der Waals surface area contributed by atoms with Crippen molar-refractivity contribution in [3.05, 3.63) is 60.4 Å². The van der Waals surface area contributed by atoms with Crippen molar-refractivity contribution < 1.29 is 9.53 Å². The lowest BCUT2D eigenvalue weighted by atomic mass is 10.3. The average Bonchev–Trinajstić information content (AvgIpc) is 3.67. The first kappa shape index (κ1) is 18.2. The summed E-state index contributed by atoms with van der Waals surface area (Å²) in [6.45, 7) is 0. The van der Waals surface area contributed by atoms with Crippen LogP contribution < -0.4 is 10.1 Å². The molecule has 5 rings (SSSR count). The van der Waals surface area contributed by atoms with Crippen LogP contribution in [0.5, 0.6) is 11.5 Å². The number of rotatable bonds is 8. The third-order valence-electron chi connectivity index (χ3n) is 5.01. The minimum Gasteiger partial charge on any atom is -0.455 e. The van der Waals surface area contributed by atoms with Crippen LogP contribution in [-0.2, 0) is 4.79 Å². The van der Waals surface area contributed by atoms with E-state index in [2.05, 4.69) is 20.1 Å². The van der Waals surface area contributed by atoms with Crippen molar-refractivity contribution in [3.63, 3.8) is 0 Å². The second kappa shape index (κ2) is 7.91. The van der Waals surface area contributed by atoms with Gasteiger partial charge in [0.15, 0.2) is 10.9 Å². The van der Waals surface area contributed by atoms with E-state index in [0.29, 0.717) is 23.4 Å². The van der Waals surface area contributed by atoms with Gasteiger partial charge in [0, 0.05) is 12.0 Å². The van der Waals surface area contributed by atoms with E-state index in [1.54, 1.807) is 0 Å². The number of para-hydroxylation sites is 3. The summed E-state index contributed by atoms with van der Waals surface area (Å²) in [5, 5.41) is 12.6. The van der Waals surface area contributed by atoms with Crippen LogP contribution >= 0.6 is 11.8 Å². The number of nitrogens with one attached hydrogen (secondary N) is 1. The topological polar surface area (TPSA) is 69.0 Å². The molecule has 1 N–H and O–H groups in total. The summed E-state index contributed by atoms with van der Waals surface area (Å²) in [5.41, 5.74) is 0.657. The molecule has 0 unspecified atom stereocenters. The Morgan fingerprint density at radius 3 is 2.55 bits per heavy atom. The smallest absolute Gasteiger partial charge is 0.234 e. The van der Waals surface area contributed by atoms with E-state index in [1.807, 2.05) is 54.6 Å². The normalized spacial score (nSPS) is 15.9. The monoisotopic (exact) mass is 406 g/mol. The molecule has 29 heavy (non-hydrogen) atoms. The Balaban J connectivity index is 1.24. The van der Waals surface area contributed by atoms with Crippen molar-refractivity contribution >= 4 is 23.4 Å². The molecule has 3 aromatic rings. The van der Waals surface area contributed by atoms with Crippen LogP contribution in [0.3, 0.4) is 0 Å². The lowest BCUT2D eigenvalue weighted by Crippen LogP contribution is -2.15. The maximum Gasteiger partial charge on any atom is 0.234 e. The summed E-state index contributed by atoms with van der Waals surface area (Å²) in [4.78, 5) is 12.6. The molecule has 0 atom stereocenters. The molecule has 148 valence electrons. The number of carbonyl (C=O) groups is 1. The Hall–Kier alpha value is -2.80. The molecule has 1 amide bonds. The predicted molar refractivity (Wildman–Crippen MR) is 113 cm³/mol. The summed E-state index contributed by atoms with van der Waals surface area (Å²) in [7, 11) is 0. The second-order valence-electron chi connectivity index (χ2n) is 7.46. The third kappa shape index (κ3) is 4.29. The SMILES string of the molecule is O=C(CSc1nnc(C2CC2)n1C1CC1)Nc1ccccc1Oc1ccccc1. The van der Waals surface area contributed by atoms with Crippen LogP contribution in [0, 0.1) is 0 Å². The van der Waals surface area contributed by atoms with Gasteiger partial charge in [-0.2, -0.15) is 0 Å². The van der Waals surface area contributed by atoms with Gasteiger partial charge in [0.25, 0.3) is 0 Å². The molecule has 2 aromatic carbocycles. The highest BCUT2D eigenvalue weighted by Crippen LogP contribution is 2.46. The summed E-state index contributed by atoms with van der Waals surface area (Å²) < 4.78 is 8.19. The first-order valence-corrected chi connectivity index (χ1v) is 11.0. The molecular formula is C22H22N4O2S. The Bertz CT molecular complexity index is 1010. The van der Waals surface area contributed by atoms with E-state index in [1.165, 1.54) is 37.4 Å². The van der Waals surface area contributed by atoms with Gasteiger partial charge in [0.1, 0.15) is 11.6 Å². The molecule has 6 nitrogen and oxygen atoms in total. The van der Waals surface area contributed by atoms with E-state index in [4.69, 9.17) is 4.74 Å². The van der Waals surface area contributed by atoms with Crippen molar-refractivity contribution in [2.45, 2.75) is 42.8 Å². The lowest BCUT2D eigenvalue weighted by Gasteiger charge is -2.12. The quantitative estimate of drug-likeness (QED) is 0.532. The number of benzene rings is 2. The van der Waals surface area contributed by atoms with Gasteiger partial charge in [-0.05, 0) is 49.9 Å². The molecule has 2 aliphatic rings. The second-order valence-corrected chi connectivity index (χ2v) is 8.41. The van der Waals surface area contributed by atoms with Crippen molar-refractivity contribution in [2.24, 2.45) is 0 Å². The van der Waals surface area contributed by atoms with E-state index in [-0.39, 0.29) is 11.7 Å². The number of carbonyl (C=O) groups excluding carboxylic acids is 1. The minimum atomic E-state index is -0.0857. The molecule has 1 heterocycles. The van der Waals surface area contributed by atoms with Crippen LogP contribution in [0.15, 0.2) is 59.8 Å². The lowest BCUT2D eigenvalue weighted by molar-refractivity contribution is -0.113. The first-order chi connectivity index (χ1) is 14.3. The third-order valence-corrected chi connectivity index (χ3v) is 5.95. The first-order valence-electron chi connectivity index (χ1n) is 9.97. The van der Waals surface area contributed by atoms with Gasteiger partial charge in [-0.3, -0.25) is 4.79 Å². The predicted octanol–water partition coefficient (Wildman–Crippen LogP) is 5.01. The van der Waals surface area contributed by atoms with Crippen LogP contribution in [0.2, 0.25) is 0 Å². The Morgan fingerprint density at radius 2 is 1.79 bits per heavy atom. The molecular weight excluding hydrogens is 384 g/mol. The number of anilines is 1. The number of hydrogen-bond acceptors (Lipinski definition) is 5. The van der Waals surface area contributed by atoms with Crippen LogP contribution in [0.25, 0.3) is 0 Å². The average molecular weight is 407 g/mol. The van der Waals surface area contributed by atoms with Crippen LogP contribution in [-0.4, -0.2) is 26.4 Å². The molecule has 0 aliphatic heterocycles. The Kier molecular flexibility index (Phi) is 4.97. The zero-order valence-corrected chi connectivity index (χ0v) is 16.8. The van der Waals surface area contributed by atoms with Gasteiger partial charge in [-0.25, -0.2) is 0 Å². The minimum absolute atomic E-state index is 0.0857. The molecule has 0 radical (unpaired) electrons. The van der Waals surface area contributed by atoms with E-state index >= 15 is 0 Å². The van der Waals surface area contributed by atoms with Crippen LogP contribution in [0.1, 0.15) is 43.5 Å². The van der Waals surface area contributed by atoms with Gasteiger partial charge in [-0.1, -0.05) is 42.1 Å². The van der Waals surface area contributed by atoms with E-state index < -0.39 is 0 Å². The highest BCUT2D eigenvalue weighted by molar-refractivity contribution is 7.99. The van der Waals surface area contributed by atoms with Crippen molar-refractivity contribution in [3.8, 4) is 11.5 Å². The number of ether oxygens (including phenoxy) is 1. The van der Waals surface area contributed by atoms with Gasteiger partial charge in [0.2, 0.25) is 5.91 Å². The maximum absolute atomic E-state index is 12.6. The van der Waals surface area contributed by atoms with Gasteiger partial charge >= 0.3 is 0 Å². The maximum atomic E-state index is 12.6. The highest BCUT2D eigenvalue weighted by atomic mass is 32.2. The van der Waals surface area contributed by atoms with Gasteiger partial charge in [0.05, 0.1) is 11.4 Å². The number of aromatic nitrogens is 3. The molecule has 2 fully saturated rings. The standard InChI is InChI=1S/C22H22N4O2S/c27-20(14-29-22-25-24-21(15-10-11-15)26(22)16-12-13-16)23-18-8-4-5-9-19(18)28-17-6-2-1-3-7-17/h1-9,15-16H,10-14H2,(H,23,27). The molecule has 2 aliphatic carbocycles. The van der Waals surface area contributed by atoms with Gasteiger partial charge in [-0.15, -0.1) is 10.2 Å². The molecule has 7 heteroatoms. The summed E-state index contributed by atoms with van der Waals surface area (Å²) in [6, 6.07) is 17.5. The highest BCUT2D eigenvalue weighted by Gasteiger charge is 2.36. The number of hydrogen-bond donors (Lipinski definition) is 1. The fraction of sp³-hybridized carbons (Fsp3) is 0.318. The van der Waals surface area contributed by atoms with E-state index in [9.17, 15) is 4.79 Å². The van der Waals surface area contributed by atoms with Gasteiger partial charge < -0.3 is 14.6 Å². The zero-order chi connectivity index (χ0) is 19.6. The summed E-state index contributed by atoms with van der Waals surface area (Å²) in [5.74, 6) is 3.22. The molecule has 2 saturated carbocycles. The van der Waals surface area contributed by atoms with Crippen molar-refractivity contribution in [2.75, 3.05) is 11.1 Å². The molecule has 1 aromatic heterocycles. The number of thioether (sulfide) groups is 1. The number of amides is 1. The summed E-state index contributed by atoms with van der Waals surface area (Å²) >= 11 is 1.46. The molecule has 0 spiro atoms. The summed E-state index contributed by atoms with van der Waals surface area (Å²) in [6.07, 6.45) is 4.77. The fourth-order valence-corrected chi connectivity index (χ4v) is 4.09. The zero-order valence-electron chi connectivity index (χ0n) is 16.0.